The number of carbonyl (C=O) groups is 1. The molecule has 0 saturated heterocycles. The quantitative estimate of drug-likeness (QED) is 0.307. The van der Waals surface area contributed by atoms with Gasteiger partial charge in [0.05, 0.1) is 23.1 Å². The third-order valence-electron chi connectivity index (χ3n) is 5.55. The fourth-order valence-electron chi connectivity index (χ4n) is 3.69. The van der Waals surface area contributed by atoms with Crippen LogP contribution in [-0.4, -0.2) is 60.2 Å². The number of carbonyl (C=O) groups excluding carboxylic acids is 1. The summed E-state index contributed by atoms with van der Waals surface area (Å²) >= 11 is 0. The molecule has 8 nitrogen and oxygen atoms in total. The van der Waals surface area contributed by atoms with E-state index in [0.29, 0.717) is 22.8 Å². The molecule has 0 unspecified atom stereocenters. The maximum atomic E-state index is 13.8. The van der Waals surface area contributed by atoms with Gasteiger partial charge in [0.15, 0.2) is 0 Å². The molecule has 1 amide bonds. The highest BCUT2D eigenvalue weighted by Crippen LogP contribution is 2.32. The molecular weight excluding hydrogens is 445 g/mol. The smallest absolute Gasteiger partial charge is 0.247 e. The van der Waals surface area contributed by atoms with Crippen molar-refractivity contribution in [2.75, 3.05) is 49.8 Å². The van der Waals surface area contributed by atoms with Crippen molar-refractivity contribution in [1.82, 2.24) is 20.1 Å². The number of nitrogens with one attached hydrogen (secondary N) is 3. The molecule has 2 aromatic heterocycles. The predicted molar refractivity (Wildman–Crippen MR) is 140 cm³/mol. The Labute approximate surface area is 203 Å². The first kappa shape index (κ1) is 23.9. The summed E-state index contributed by atoms with van der Waals surface area (Å²) in [6, 6.07) is 13.9. The normalized spacial score (nSPS) is 11.0. The Hall–Kier alpha value is -4.24. The number of halogens is 1. The molecule has 2 heterocycles. The van der Waals surface area contributed by atoms with Crippen LogP contribution in [0.3, 0.4) is 0 Å². The Bertz CT molecular complexity index is 1370. The van der Waals surface area contributed by atoms with Gasteiger partial charge in [-0.1, -0.05) is 18.7 Å². The molecule has 180 valence electrons. The van der Waals surface area contributed by atoms with Crippen LogP contribution in [0.15, 0.2) is 67.4 Å². The van der Waals surface area contributed by atoms with E-state index in [1.54, 1.807) is 12.3 Å². The standard InChI is InChI=1S/C26H28FN7O/c1-5-25(35)30-21-14-19(9-10-23(21)34(4)12-11-33(2)3)29-24-15-20-22(16-28-24)31-32-26(20)17-7-6-8-18(27)13-17/h5-10,13-16H,1,11-12H2,2-4H3,(H,28,29)(H,30,35)(H,31,32). The monoisotopic (exact) mass is 473 g/mol. The molecule has 0 atom stereocenters. The second-order valence-electron chi connectivity index (χ2n) is 8.47. The molecular formula is C26H28FN7O. The van der Waals surface area contributed by atoms with Crippen molar-refractivity contribution in [3.63, 3.8) is 0 Å². The van der Waals surface area contributed by atoms with E-state index in [1.165, 1.54) is 18.2 Å². The van der Waals surface area contributed by atoms with Crippen LogP contribution in [0.5, 0.6) is 0 Å². The summed E-state index contributed by atoms with van der Waals surface area (Å²) in [5.74, 6) is -0.0239. The third kappa shape index (κ3) is 5.64. The molecule has 9 heteroatoms. The van der Waals surface area contributed by atoms with E-state index in [2.05, 4.69) is 42.2 Å². The number of likely N-dealkylation sites (N-methyl/N-ethyl adjacent to an activating group) is 2. The number of aromatic nitrogens is 3. The highest BCUT2D eigenvalue weighted by molar-refractivity contribution is 6.02. The maximum absolute atomic E-state index is 13.8. The number of nitrogens with zero attached hydrogens (tertiary/aromatic N) is 4. The maximum Gasteiger partial charge on any atom is 0.247 e. The van der Waals surface area contributed by atoms with Crippen LogP contribution in [0.25, 0.3) is 22.2 Å². The first-order valence-electron chi connectivity index (χ1n) is 11.1. The Morgan fingerprint density at radius 3 is 2.71 bits per heavy atom. The molecule has 0 aliphatic carbocycles. The van der Waals surface area contributed by atoms with Crippen LogP contribution in [0.2, 0.25) is 0 Å². The first-order chi connectivity index (χ1) is 16.8. The van der Waals surface area contributed by atoms with Crippen LogP contribution in [0.4, 0.5) is 27.3 Å². The number of hydrogen-bond acceptors (Lipinski definition) is 6. The van der Waals surface area contributed by atoms with Gasteiger partial charge in [-0.15, -0.1) is 0 Å². The van der Waals surface area contributed by atoms with Crippen LogP contribution < -0.4 is 15.5 Å². The van der Waals surface area contributed by atoms with Gasteiger partial charge in [-0.3, -0.25) is 9.89 Å². The molecule has 4 rings (SSSR count). The van der Waals surface area contributed by atoms with E-state index < -0.39 is 0 Å². The summed E-state index contributed by atoms with van der Waals surface area (Å²) in [5, 5.41) is 14.3. The molecule has 0 aliphatic rings. The fraction of sp³-hybridized carbons (Fsp3) is 0.192. The SMILES string of the molecule is C=CC(=O)Nc1cc(Nc2cc3c(-c4cccc(F)c4)n[nH]c3cn2)ccc1N(C)CCN(C)C. The van der Waals surface area contributed by atoms with Gasteiger partial charge in [0.25, 0.3) is 0 Å². The second-order valence-corrected chi connectivity index (χ2v) is 8.47. The van der Waals surface area contributed by atoms with Crippen LogP contribution in [-0.2, 0) is 4.79 Å². The van der Waals surface area contributed by atoms with Crippen molar-refractivity contribution >= 4 is 39.7 Å². The van der Waals surface area contributed by atoms with Crippen LogP contribution in [0.1, 0.15) is 0 Å². The number of anilines is 4. The number of H-pyrrole nitrogens is 1. The lowest BCUT2D eigenvalue weighted by atomic mass is 10.1. The van der Waals surface area contributed by atoms with Gasteiger partial charge >= 0.3 is 0 Å². The Kier molecular flexibility index (Phi) is 7.07. The molecule has 0 fully saturated rings. The lowest BCUT2D eigenvalue weighted by Crippen LogP contribution is -2.29. The third-order valence-corrected chi connectivity index (χ3v) is 5.55. The molecule has 35 heavy (non-hydrogen) atoms. The second kappa shape index (κ2) is 10.4. The first-order valence-corrected chi connectivity index (χ1v) is 11.1. The number of benzene rings is 2. The molecule has 0 saturated carbocycles. The van der Waals surface area contributed by atoms with Gasteiger partial charge in [-0.05, 0) is 56.6 Å². The molecule has 4 aromatic rings. The lowest BCUT2D eigenvalue weighted by Gasteiger charge is -2.24. The molecule has 2 aromatic carbocycles. The summed E-state index contributed by atoms with van der Waals surface area (Å²) in [4.78, 5) is 20.7. The average Bonchev–Trinajstić information content (AvgIpc) is 3.26. The molecule has 3 N–H and O–H groups in total. The predicted octanol–water partition coefficient (Wildman–Crippen LogP) is 4.63. The van der Waals surface area contributed by atoms with Crippen LogP contribution >= 0.6 is 0 Å². The fourth-order valence-corrected chi connectivity index (χ4v) is 3.69. The Morgan fingerprint density at radius 1 is 1.14 bits per heavy atom. The van der Waals surface area contributed by atoms with Gasteiger partial charge in [-0.25, -0.2) is 9.37 Å². The van der Waals surface area contributed by atoms with Gasteiger partial charge < -0.3 is 20.4 Å². The lowest BCUT2D eigenvalue weighted by molar-refractivity contribution is -0.111. The molecule has 0 spiro atoms. The van der Waals surface area contributed by atoms with Crippen molar-refractivity contribution in [3.05, 3.63) is 73.2 Å². The number of amides is 1. The average molecular weight is 474 g/mol. The minimum atomic E-state index is -0.323. The minimum absolute atomic E-state index is 0.290. The molecule has 0 aliphatic heterocycles. The van der Waals surface area contributed by atoms with Crippen molar-refractivity contribution in [2.24, 2.45) is 0 Å². The number of rotatable bonds is 9. The van der Waals surface area contributed by atoms with Crippen molar-refractivity contribution < 1.29 is 9.18 Å². The van der Waals surface area contributed by atoms with Crippen molar-refractivity contribution in [3.8, 4) is 11.3 Å². The molecule has 0 bridgehead atoms. The summed E-state index contributed by atoms with van der Waals surface area (Å²) in [7, 11) is 6.02. The van der Waals surface area contributed by atoms with E-state index in [1.807, 2.05) is 51.5 Å². The van der Waals surface area contributed by atoms with E-state index in [4.69, 9.17) is 0 Å². The zero-order valence-electron chi connectivity index (χ0n) is 20.0. The van der Waals surface area contributed by atoms with Crippen molar-refractivity contribution in [2.45, 2.75) is 0 Å². The highest BCUT2D eigenvalue weighted by atomic mass is 19.1. The van der Waals surface area contributed by atoms with E-state index >= 15 is 0 Å². The summed E-state index contributed by atoms with van der Waals surface area (Å²) in [6.07, 6.45) is 2.92. The van der Waals surface area contributed by atoms with Gasteiger partial charge in [0.2, 0.25) is 5.91 Å². The zero-order valence-corrected chi connectivity index (χ0v) is 20.0. The van der Waals surface area contributed by atoms with E-state index in [-0.39, 0.29) is 11.7 Å². The number of hydrogen-bond donors (Lipinski definition) is 3. The number of pyridine rings is 1. The number of fused-ring (bicyclic) bond motifs is 1. The Balaban J connectivity index is 1.64. The minimum Gasteiger partial charge on any atom is -0.372 e. The molecule has 0 radical (unpaired) electrons. The van der Waals surface area contributed by atoms with Gasteiger partial charge in [0.1, 0.15) is 17.3 Å². The summed E-state index contributed by atoms with van der Waals surface area (Å²) in [5.41, 5.74) is 4.35. The topological polar surface area (TPSA) is 89.2 Å². The van der Waals surface area contributed by atoms with E-state index in [0.717, 1.165) is 35.4 Å². The summed E-state index contributed by atoms with van der Waals surface area (Å²) in [6.45, 7) is 5.21. The Morgan fingerprint density at radius 2 is 1.97 bits per heavy atom. The summed E-state index contributed by atoms with van der Waals surface area (Å²) < 4.78 is 13.8. The van der Waals surface area contributed by atoms with Gasteiger partial charge in [-0.2, -0.15) is 5.10 Å². The van der Waals surface area contributed by atoms with Crippen molar-refractivity contribution in [1.29, 1.82) is 0 Å². The zero-order chi connectivity index (χ0) is 24.9. The largest absolute Gasteiger partial charge is 0.372 e. The van der Waals surface area contributed by atoms with Crippen LogP contribution in [0, 0.1) is 5.82 Å². The highest BCUT2D eigenvalue weighted by Gasteiger charge is 2.13. The van der Waals surface area contributed by atoms with E-state index in [9.17, 15) is 9.18 Å². The number of aromatic amines is 1. The van der Waals surface area contributed by atoms with Gasteiger partial charge in [0, 0.05) is 36.8 Å².